The molecule has 7 aromatic rings. The minimum atomic E-state index is -0.147. The van der Waals surface area contributed by atoms with Crippen LogP contribution in [0.3, 0.4) is 0 Å². The van der Waals surface area contributed by atoms with Crippen LogP contribution in [0.15, 0.2) is 152 Å². The van der Waals surface area contributed by atoms with Gasteiger partial charge in [0, 0.05) is 22.7 Å². The van der Waals surface area contributed by atoms with Crippen molar-refractivity contribution in [2.75, 3.05) is 9.80 Å². The molecule has 0 fully saturated rings. The van der Waals surface area contributed by atoms with Crippen molar-refractivity contribution in [1.29, 1.82) is 0 Å². The van der Waals surface area contributed by atoms with Gasteiger partial charge in [-0.15, -0.1) is 0 Å². The maximum absolute atomic E-state index is 5.31. The van der Waals surface area contributed by atoms with E-state index in [1.165, 1.54) is 5.46 Å². The molecule has 0 saturated carbocycles. The highest BCUT2D eigenvalue weighted by Crippen LogP contribution is 2.43. The summed E-state index contributed by atoms with van der Waals surface area (Å²) in [5.41, 5.74) is 11.8. The fourth-order valence-electron chi connectivity index (χ4n) is 6.54. The molecule has 2 aromatic heterocycles. The van der Waals surface area contributed by atoms with Gasteiger partial charge in [0.2, 0.25) is 0 Å². The summed E-state index contributed by atoms with van der Waals surface area (Å²) in [7, 11) is 0. The van der Waals surface area contributed by atoms with Crippen molar-refractivity contribution < 1.29 is 0 Å². The Balaban J connectivity index is 1.36. The third-order valence-corrected chi connectivity index (χ3v) is 8.37. The first-order chi connectivity index (χ1) is 21.3. The number of hydrogen-bond donors (Lipinski definition) is 0. The zero-order valence-electron chi connectivity index (χ0n) is 23.2. The fourth-order valence-corrected chi connectivity index (χ4v) is 6.54. The Morgan fingerprint density at radius 2 is 0.744 bits per heavy atom. The number of aromatic nitrogens is 4. The zero-order chi connectivity index (χ0) is 28.3. The van der Waals surface area contributed by atoms with Crippen molar-refractivity contribution in [3.63, 3.8) is 0 Å². The van der Waals surface area contributed by atoms with Crippen LogP contribution in [-0.4, -0.2) is 26.3 Å². The normalized spacial score (nSPS) is 13.0. The van der Waals surface area contributed by atoms with Crippen molar-refractivity contribution in [2.24, 2.45) is 0 Å². The first-order valence-electron chi connectivity index (χ1n) is 14.5. The average molecular weight is 552 g/mol. The molecule has 43 heavy (non-hydrogen) atoms. The lowest BCUT2D eigenvalue weighted by atomic mass is 9.37. The standard InChI is InChI=1S/C36H25BN6/c1-5-14-26(15-6-1)40-24-32-35(38-40)37-34-30(42(32)28-18-9-3-10-19-28)22-13-23-31(34)43(29-20-11-4-12-21-29)33-25-41(39-36(33)37)27-16-7-2-8-17-27/h1-25H. The van der Waals surface area contributed by atoms with Crippen LogP contribution in [0.5, 0.6) is 0 Å². The van der Waals surface area contributed by atoms with Crippen molar-refractivity contribution >= 4 is 57.5 Å². The van der Waals surface area contributed by atoms with Gasteiger partial charge in [-0.2, -0.15) is 10.2 Å². The summed E-state index contributed by atoms with van der Waals surface area (Å²) in [6.45, 7) is -0.147. The number of benzene rings is 5. The fraction of sp³-hybridized carbons (Fsp3) is 0. The van der Waals surface area contributed by atoms with Crippen molar-refractivity contribution in [1.82, 2.24) is 19.6 Å². The van der Waals surface area contributed by atoms with Gasteiger partial charge in [0.15, 0.2) is 0 Å². The molecule has 0 spiro atoms. The van der Waals surface area contributed by atoms with Crippen molar-refractivity contribution in [2.45, 2.75) is 0 Å². The number of anilines is 6. The van der Waals surface area contributed by atoms with Gasteiger partial charge in [-0.25, -0.2) is 9.36 Å². The second-order valence-electron chi connectivity index (χ2n) is 10.8. The molecule has 0 aliphatic carbocycles. The maximum Gasteiger partial charge on any atom is 0.303 e. The Labute approximate surface area is 249 Å². The lowest BCUT2D eigenvalue weighted by molar-refractivity contribution is 0.887. The molecule has 2 aliphatic rings. The molecule has 4 heterocycles. The Hall–Kier alpha value is -5.82. The minimum absolute atomic E-state index is 0.147. The first kappa shape index (κ1) is 23.8. The smallest absolute Gasteiger partial charge is 0.303 e. The predicted octanol–water partition coefficient (Wildman–Crippen LogP) is 6.14. The van der Waals surface area contributed by atoms with E-state index in [0.29, 0.717) is 0 Å². The summed E-state index contributed by atoms with van der Waals surface area (Å²) < 4.78 is 4.01. The largest absolute Gasteiger partial charge is 0.308 e. The van der Waals surface area contributed by atoms with E-state index in [1.54, 1.807) is 0 Å². The van der Waals surface area contributed by atoms with Gasteiger partial charge in [-0.1, -0.05) is 78.9 Å². The van der Waals surface area contributed by atoms with E-state index in [0.717, 1.165) is 56.7 Å². The van der Waals surface area contributed by atoms with Crippen LogP contribution in [0.25, 0.3) is 11.4 Å². The van der Waals surface area contributed by atoms with Crippen LogP contribution >= 0.6 is 0 Å². The van der Waals surface area contributed by atoms with Gasteiger partial charge in [0.1, 0.15) is 0 Å². The van der Waals surface area contributed by atoms with E-state index >= 15 is 0 Å². The second kappa shape index (κ2) is 9.36. The van der Waals surface area contributed by atoms with E-state index in [1.807, 2.05) is 21.5 Å². The molecule has 5 aromatic carbocycles. The molecule has 0 unspecified atom stereocenters. The topological polar surface area (TPSA) is 42.1 Å². The van der Waals surface area contributed by atoms with E-state index < -0.39 is 0 Å². The van der Waals surface area contributed by atoms with Crippen LogP contribution in [-0.2, 0) is 0 Å². The highest BCUT2D eigenvalue weighted by molar-refractivity contribution is 6.99. The summed E-state index contributed by atoms with van der Waals surface area (Å²) in [4.78, 5) is 4.69. The first-order valence-corrected chi connectivity index (χ1v) is 14.5. The summed E-state index contributed by atoms with van der Waals surface area (Å²) >= 11 is 0. The number of rotatable bonds is 4. The Morgan fingerprint density at radius 1 is 0.372 bits per heavy atom. The zero-order valence-corrected chi connectivity index (χ0v) is 23.2. The molecule has 0 bridgehead atoms. The van der Waals surface area contributed by atoms with Gasteiger partial charge in [0.05, 0.1) is 46.3 Å². The summed E-state index contributed by atoms with van der Waals surface area (Å²) in [6.07, 6.45) is 4.31. The quantitative estimate of drug-likeness (QED) is 0.246. The third-order valence-electron chi connectivity index (χ3n) is 8.37. The number of fused-ring (bicyclic) bond motifs is 4. The lowest BCUT2D eigenvalue weighted by Crippen LogP contribution is -2.62. The second-order valence-corrected chi connectivity index (χ2v) is 10.8. The molecule has 2 aliphatic heterocycles. The molecule has 0 atom stereocenters. The molecule has 0 saturated heterocycles. The number of nitrogens with zero attached hydrogens (tertiary/aromatic N) is 6. The molecule has 9 rings (SSSR count). The van der Waals surface area contributed by atoms with Crippen LogP contribution < -0.4 is 26.4 Å². The highest BCUT2D eigenvalue weighted by Gasteiger charge is 2.47. The molecular weight excluding hydrogens is 527 g/mol. The third kappa shape index (κ3) is 3.61. The summed E-state index contributed by atoms with van der Waals surface area (Å²) in [5.74, 6) is 0. The molecule has 0 amide bonds. The van der Waals surface area contributed by atoms with E-state index in [-0.39, 0.29) is 6.71 Å². The molecule has 0 radical (unpaired) electrons. The maximum atomic E-state index is 5.31. The van der Waals surface area contributed by atoms with Crippen molar-refractivity contribution in [3.05, 3.63) is 152 Å². The van der Waals surface area contributed by atoms with Crippen molar-refractivity contribution in [3.8, 4) is 11.4 Å². The van der Waals surface area contributed by atoms with E-state index in [2.05, 4.69) is 150 Å². The Kier molecular flexibility index (Phi) is 5.19. The van der Waals surface area contributed by atoms with Crippen LogP contribution in [0.1, 0.15) is 0 Å². The van der Waals surface area contributed by atoms with Crippen LogP contribution in [0.4, 0.5) is 34.1 Å². The lowest BCUT2D eigenvalue weighted by Gasteiger charge is -2.40. The van der Waals surface area contributed by atoms with Gasteiger partial charge in [0.25, 0.3) is 0 Å². The van der Waals surface area contributed by atoms with Gasteiger partial charge < -0.3 is 9.80 Å². The van der Waals surface area contributed by atoms with Crippen LogP contribution in [0.2, 0.25) is 0 Å². The van der Waals surface area contributed by atoms with Gasteiger partial charge >= 0.3 is 6.71 Å². The molecule has 202 valence electrons. The minimum Gasteiger partial charge on any atom is -0.308 e. The SMILES string of the molecule is c1ccc(N2c3cn(-c4ccccc4)nc3B3c4nn(-c5ccccc5)cc4N(c4ccccc4)c4cccc2c43)cc1. The summed E-state index contributed by atoms with van der Waals surface area (Å²) in [5, 5.41) is 10.6. The number of hydrogen-bond acceptors (Lipinski definition) is 4. The van der Waals surface area contributed by atoms with E-state index in [9.17, 15) is 0 Å². The van der Waals surface area contributed by atoms with E-state index in [4.69, 9.17) is 10.2 Å². The van der Waals surface area contributed by atoms with Crippen LogP contribution in [0, 0.1) is 0 Å². The average Bonchev–Trinajstić information content (AvgIpc) is 3.72. The molecule has 6 nitrogen and oxygen atoms in total. The number of para-hydroxylation sites is 4. The Morgan fingerprint density at radius 3 is 1.14 bits per heavy atom. The van der Waals surface area contributed by atoms with Gasteiger partial charge in [-0.3, -0.25) is 0 Å². The monoisotopic (exact) mass is 552 g/mol. The van der Waals surface area contributed by atoms with Gasteiger partial charge in [-0.05, 0) is 66.1 Å². The highest BCUT2D eigenvalue weighted by atomic mass is 15.3. The molecule has 7 heteroatoms. The summed E-state index contributed by atoms with van der Waals surface area (Å²) in [6, 6.07) is 48.4. The Bertz CT molecular complexity index is 1940. The molecule has 0 N–H and O–H groups in total. The predicted molar refractivity (Wildman–Crippen MR) is 175 cm³/mol. The molecular formula is C36H25BN6.